The van der Waals surface area contributed by atoms with Crippen molar-refractivity contribution >= 4 is 23.7 Å². The third-order valence-corrected chi connectivity index (χ3v) is 2.01. The quantitative estimate of drug-likeness (QED) is 0.726. The minimum atomic E-state index is 0.871. The topological polar surface area (TPSA) is 38.7 Å². The van der Waals surface area contributed by atoms with Gasteiger partial charge in [-0.2, -0.15) is 0 Å². The smallest absolute Gasteiger partial charge is 0.0982 e. The fourth-order valence-electron chi connectivity index (χ4n) is 0.890. The average molecular weight is 189 g/mol. The van der Waals surface area contributed by atoms with Crippen LogP contribution in [0.4, 0.5) is 0 Å². The first kappa shape index (κ1) is 8.07. The van der Waals surface area contributed by atoms with E-state index in [2.05, 4.69) is 14.6 Å². The molecule has 4 heteroatoms. The van der Waals surface area contributed by atoms with Crippen LogP contribution in [-0.4, -0.2) is 14.6 Å². The minimum Gasteiger partial charge on any atom is -0.257 e. The zero-order valence-corrected chi connectivity index (χ0v) is 7.61. The summed E-state index contributed by atoms with van der Waals surface area (Å²) in [6.45, 7) is 0. The maximum Gasteiger partial charge on any atom is 0.0982 e. The molecule has 0 radical (unpaired) electrons. The van der Waals surface area contributed by atoms with Gasteiger partial charge in [0.05, 0.1) is 11.4 Å². The second-order valence-electron chi connectivity index (χ2n) is 2.42. The summed E-state index contributed by atoms with van der Waals surface area (Å²) in [4.78, 5) is 4.15. The third-order valence-electron chi connectivity index (χ3n) is 1.49. The zero-order chi connectivity index (χ0) is 8.93. The van der Waals surface area contributed by atoms with Crippen LogP contribution in [0.5, 0.6) is 0 Å². The van der Waals surface area contributed by atoms with Crippen LogP contribution in [0.3, 0.4) is 0 Å². The van der Waals surface area contributed by atoms with Crippen LogP contribution >= 0.6 is 11.5 Å². The van der Waals surface area contributed by atoms with Gasteiger partial charge in [0.15, 0.2) is 0 Å². The van der Waals surface area contributed by atoms with Gasteiger partial charge in [-0.15, -0.1) is 5.10 Å². The molecule has 0 saturated carbocycles. The van der Waals surface area contributed by atoms with Crippen molar-refractivity contribution in [2.75, 3.05) is 0 Å². The maximum absolute atomic E-state index is 4.15. The van der Waals surface area contributed by atoms with Crippen LogP contribution in [0.2, 0.25) is 0 Å². The lowest BCUT2D eigenvalue weighted by molar-refractivity contribution is 1.14. The van der Waals surface area contributed by atoms with Crippen molar-refractivity contribution in [3.8, 4) is 0 Å². The Hall–Kier alpha value is -1.55. The lowest BCUT2D eigenvalue weighted by Gasteiger charge is -1.87. The van der Waals surface area contributed by atoms with Crippen molar-refractivity contribution in [2.24, 2.45) is 0 Å². The van der Waals surface area contributed by atoms with Crippen molar-refractivity contribution in [3.63, 3.8) is 0 Å². The highest BCUT2D eigenvalue weighted by Crippen LogP contribution is 2.03. The molecular formula is C9H7N3S. The molecule has 0 fully saturated rings. The van der Waals surface area contributed by atoms with Crippen LogP contribution in [0.15, 0.2) is 29.8 Å². The Morgan fingerprint density at radius 3 is 2.77 bits per heavy atom. The summed E-state index contributed by atoms with van der Waals surface area (Å²) in [5.74, 6) is 0. The number of hydrogen-bond acceptors (Lipinski definition) is 4. The Bertz CT molecular complexity index is 381. The van der Waals surface area contributed by atoms with Gasteiger partial charge in [-0.1, -0.05) is 10.6 Å². The van der Waals surface area contributed by atoms with Crippen LogP contribution in [0.25, 0.3) is 12.2 Å². The monoisotopic (exact) mass is 189 g/mol. The molecule has 0 aliphatic rings. The predicted molar refractivity (Wildman–Crippen MR) is 53.1 cm³/mol. The Balaban J connectivity index is 2.15. The largest absolute Gasteiger partial charge is 0.257 e. The standard InChI is InChI=1S/C9H7N3S/c1-2-6-10-8(3-1)4-5-9-7-13-12-11-9/h1-7H/b5-4+. The number of hydrogen-bond donors (Lipinski definition) is 0. The maximum atomic E-state index is 4.15. The molecule has 0 aliphatic carbocycles. The van der Waals surface area contributed by atoms with Crippen LogP contribution in [0.1, 0.15) is 11.4 Å². The number of aromatic nitrogens is 3. The lowest BCUT2D eigenvalue weighted by atomic mass is 10.3. The van der Waals surface area contributed by atoms with Gasteiger partial charge in [0.1, 0.15) is 0 Å². The second kappa shape index (κ2) is 3.91. The van der Waals surface area contributed by atoms with Crippen LogP contribution in [-0.2, 0) is 0 Å². The van der Waals surface area contributed by atoms with Crippen molar-refractivity contribution in [1.29, 1.82) is 0 Å². The van der Waals surface area contributed by atoms with Gasteiger partial charge < -0.3 is 0 Å². The van der Waals surface area contributed by atoms with E-state index in [0.717, 1.165) is 11.4 Å². The molecule has 13 heavy (non-hydrogen) atoms. The normalized spacial score (nSPS) is 10.8. The van der Waals surface area contributed by atoms with Crippen molar-refractivity contribution in [3.05, 3.63) is 41.2 Å². The Labute approximate surface area is 79.9 Å². The van der Waals surface area contributed by atoms with E-state index in [0.29, 0.717) is 0 Å². The van der Waals surface area contributed by atoms with Crippen molar-refractivity contribution in [1.82, 2.24) is 14.6 Å². The lowest BCUT2D eigenvalue weighted by Crippen LogP contribution is -1.76. The third kappa shape index (κ3) is 2.19. The summed E-state index contributed by atoms with van der Waals surface area (Å²) < 4.78 is 3.75. The number of rotatable bonds is 2. The van der Waals surface area contributed by atoms with E-state index in [1.165, 1.54) is 11.5 Å². The molecule has 2 rings (SSSR count). The molecule has 0 saturated heterocycles. The van der Waals surface area contributed by atoms with Gasteiger partial charge in [0.2, 0.25) is 0 Å². The molecule has 0 bridgehead atoms. The molecule has 0 aliphatic heterocycles. The van der Waals surface area contributed by atoms with E-state index in [4.69, 9.17) is 0 Å². The first-order chi connectivity index (χ1) is 6.45. The van der Waals surface area contributed by atoms with E-state index in [-0.39, 0.29) is 0 Å². The molecule has 0 N–H and O–H groups in total. The summed E-state index contributed by atoms with van der Waals surface area (Å²) in [6, 6.07) is 5.78. The van der Waals surface area contributed by atoms with E-state index < -0.39 is 0 Å². The zero-order valence-electron chi connectivity index (χ0n) is 6.79. The van der Waals surface area contributed by atoms with Crippen molar-refractivity contribution < 1.29 is 0 Å². The number of nitrogens with zero attached hydrogens (tertiary/aromatic N) is 3. The summed E-state index contributed by atoms with van der Waals surface area (Å²) in [5, 5.41) is 5.77. The van der Waals surface area contributed by atoms with Crippen molar-refractivity contribution in [2.45, 2.75) is 0 Å². The first-order valence-corrected chi connectivity index (χ1v) is 4.65. The average Bonchev–Trinajstić information content (AvgIpc) is 2.69. The fraction of sp³-hybridized carbons (Fsp3) is 0. The highest BCUT2D eigenvalue weighted by atomic mass is 32.1. The summed E-state index contributed by atoms with van der Waals surface area (Å²) in [6.07, 6.45) is 5.57. The predicted octanol–water partition coefficient (Wildman–Crippen LogP) is 2.10. The SMILES string of the molecule is C(=C\c1csnn1)/c1ccccn1. The first-order valence-electron chi connectivity index (χ1n) is 3.81. The number of pyridine rings is 1. The molecule has 2 aromatic rings. The van der Waals surface area contributed by atoms with Gasteiger partial charge in [0, 0.05) is 11.6 Å². The van der Waals surface area contributed by atoms with Gasteiger partial charge in [-0.05, 0) is 35.8 Å². The molecular weight excluding hydrogens is 182 g/mol. The Kier molecular flexibility index (Phi) is 2.43. The summed E-state index contributed by atoms with van der Waals surface area (Å²) >= 11 is 1.34. The van der Waals surface area contributed by atoms with Crippen LogP contribution in [0, 0.1) is 0 Å². The van der Waals surface area contributed by atoms with E-state index >= 15 is 0 Å². The molecule has 0 aromatic carbocycles. The summed E-state index contributed by atoms with van der Waals surface area (Å²) in [7, 11) is 0. The van der Waals surface area contributed by atoms with E-state index in [1.807, 2.05) is 35.7 Å². The fourth-order valence-corrected chi connectivity index (χ4v) is 1.31. The molecule has 0 spiro atoms. The van der Waals surface area contributed by atoms with E-state index in [9.17, 15) is 0 Å². The minimum absolute atomic E-state index is 0.871. The highest BCUT2D eigenvalue weighted by molar-refractivity contribution is 7.03. The molecule has 3 nitrogen and oxygen atoms in total. The van der Waals surface area contributed by atoms with Gasteiger partial charge in [0.25, 0.3) is 0 Å². The van der Waals surface area contributed by atoms with E-state index in [1.54, 1.807) is 6.20 Å². The second-order valence-corrected chi connectivity index (χ2v) is 3.03. The molecule has 2 heterocycles. The molecule has 64 valence electrons. The molecule has 0 amide bonds. The molecule has 0 unspecified atom stereocenters. The Morgan fingerprint density at radius 1 is 1.15 bits per heavy atom. The van der Waals surface area contributed by atoms with Gasteiger partial charge in [-0.3, -0.25) is 4.98 Å². The molecule has 2 aromatic heterocycles. The Morgan fingerprint density at radius 2 is 2.08 bits per heavy atom. The molecule has 0 atom stereocenters. The van der Waals surface area contributed by atoms with Gasteiger partial charge >= 0.3 is 0 Å². The van der Waals surface area contributed by atoms with Gasteiger partial charge in [-0.25, -0.2) is 0 Å². The van der Waals surface area contributed by atoms with Crippen LogP contribution < -0.4 is 0 Å². The highest BCUT2D eigenvalue weighted by Gasteiger charge is 1.89. The summed E-state index contributed by atoms with van der Waals surface area (Å²) in [5.41, 5.74) is 1.80.